The summed E-state index contributed by atoms with van der Waals surface area (Å²) >= 11 is 0. The molecule has 0 bridgehead atoms. The van der Waals surface area contributed by atoms with Crippen LogP contribution in [0.1, 0.15) is 31.2 Å². The fourth-order valence-electron chi connectivity index (χ4n) is 3.80. The van der Waals surface area contributed by atoms with E-state index in [0.29, 0.717) is 17.6 Å². The van der Waals surface area contributed by atoms with E-state index in [1.165, 1.54) is 0 Å². The molecule has 0 unspecified atom stereocenters. The van der Waals surface area contributed by atoms with Crippen molar-refractivity contribution in [3.63, 3.8) is 0 Å². The minimum atomic E-state index is -0.268. The Morgan fingerprint density at radius 2 is 1.85 bits per heavy atom. The van der Waals surface area contributed by atoms with E-state index in [0.717, 1.165) is 44.3 Å². The van der Waals surface area contributed by atoms with Gasteiger partial charge in [0.25, 0.3) is 5.88 Å². The number of piperidine rings is 1. The Labute approximate surface area is 153 Å². The number of rotatable bonds is 5. The van der Waals surface area contributed by atoms with Crippen LogP contribution in [0.25, 0.3) is 0 Å². The maximum atomic E-state index is 13.1. The van der Waals surface area contributed by atoms with E-state index in [1.54, 1.807) is 19.5 Å². The molecule has 4 rings (SSSR count). The second-order valence-corrected chi connectivity index (χ2v) is 7.07. The molecular weight excluding hydrogens is 328 g/mol. The number of nitrogens with one attached hydrogen (secondary N) is 1. The Morgan fingerprint density at radius 1 is 1.15 bits per heavy atom. The average Bonchev–Trinajstić information content (AvgIpc) is 3.51. The fourth-order valence-corrected chi connectivity index (χ4v) is 3.80. The van der Waals surface area contributed by atoms with Gasteiger partial charge in [0.05, 0.1) is 12.5 Å². The van der Waals surface area contributed by atoms with E-state index in [1.807, 2.05) is 23.1 Å². The Hall–Kier alpha value is -2.63. The van der Waals surface area contributed by atoms with Crippen molar-refractivity contribution in [1.82, 2.24) is 14.9 Å². The molecule has 6 heteroatoms. The standard InChI is InChI=1S/C20H24N4O2/c1-26-18-17(21-11-12-22-18)23-16-7-13-24(14-8-16)19(25)20(9-10-20)15-5-3-2-4-6-15/h2-6,11-12,16H,7-10,13-14H2,1H3,(H,21,23). The molecular formula is C20H24N4O2. The van der Waals surface area contributed by atoms with E-state index in [4.69, 9.17) is 4.74 Å². The highest BCUT2D eigenvalue weighted by Crippen LogP contribution is 2.49. The van der Waals surface area contributed by atoms with Gasteiger partial charge in [-0.2, -0.15) is 0 Å². The molecule has 1 aromatic carbocycles. The summed E-state index contributed by atoms with van der Waals surface area (Å²) < 4.78 is 5.25. The molecule has 0 atom stereocenters. The van der Waals surface area contributed by atoms with E-state index in [9.17, 15) is 4.79 Å². The monoisotopic (exact) mass is 352 g/mol. The third-order valence-electron chi connectivity index (χ3n) is 5.47. The van der Waals surface area contributed by atoms with Gasteiger partial charge >= 0.3 is 0 Å². The smallest absolute Gasteiger partial charge is 0.257 e. The highest BCUT2D eigenvalue weighted by Gasteiger charge is 2.53. The van der Waals surface area contributed by atoms with Gasteiger partial charge in [0.15, 0.2) is 5.82 Å². The maximum absolute atomic E-state index is 13.1. The minimum Gasteiger partial charge on any atom is -0.478 e. The molecule has 2 aliphatic rings. The molecule has 1 saturated heterocycles. The Kier molecular flexibility index (Phi) is 4.49. The summed E-state index contributed by atoms with van der Waals surface area (Å²) in [6.07, 6.45) is 6.99. The van der Waals surface area contributed by atoms with E-state index in [-0.39, 0.29) is 11.5 Å². The number of carbonyl (C=O) groups excluding carboxylic acids is 1. The first-order chi connectivity index (χ1) is 12.7. The first kappa shape index (κ1) is 16.8. The van der Waals surface area contributed by atoms with Gasteiger partial charge in [-0.15, -0.1) is 0 Å². The van der Waals surface area contributed by atoms with Crippen molar-refractivity contribution in [1.29, 1.82) is 0 Å². The number of anilines is 1. The van der Waals surface area contributed by atoms with E-state index < -0.39 is 0 Å². The molecule has 0 spiro atoms. The Morgan fingerprint density at radius 3 is 2.50 bits per heavy atom. The lowest BCUT2D eigenvalue weighted by Gasteiger charge is -2.35. The number of methoxy groups -OCH3 is 1. The number of amides is 1. The van der Waals surface area contributed by atoms with Gasteiger partial charge in [-0.3, -0.25) is 4.79 Å². The van der Waals surface area contributed by atoms with Crippen LogP contribution in [-0.2, 0) is 10.2 Å². The number of ether oxygens (including phenoxy) is 1. The summed E-state index contributed by atoms with van der Waals surface area (Å²) in [5.74, 6) is 1.47. The quantitative estimate of drug-likeness (QED) is 0.896. The SMILES string of the molecule is COc1nccnc1NC1CCN(C(=O)C2(c3ccccc3)CC2)CC1. The largest absolute Gasteiger partial charge is 0.478 e. The van der Waals surface area contributed by atoms with Crippen molar-refractivity contribution >= 4 is 11.7 Å². The number of aromatic nitrogens is 2. The summed E-state index contributed by atoms with van der Waals surface area (Å²) in [6.45, 7) is 1.54. The summed E-state index contributed by atoms with van der Waals surface area (Å²) in [4.78, 5) is 23.6. The number of hydrogen-bond donors (Lipinski definition) is 1. The van der Waals surface area contributed by atoms with Crippen LogP contribution in [0.3, 0.4) is 0 Å². The minimum absolute atomic E-state index is 0.268. The lowest BCUT2D eigenvalue weighted by atomic mass is 9.93. The fraction of sp³-hybridized carbons (Fsp3) is 0.450. The average molecular weight is 352 g/mol. The van der Waals surface area contributed by atoms with Crippen molar-refractivity contribution in [3.05, 3.63) is 48.3 Å². The summed E-state index contributed by atoms with van der Waals surface area (Å²) in [5, 5.41) is 3.41. The Balaban J connectivity index is 1.37. The summed E-state index contributed by atoms with van der Waals surface area (Å²) in [6, 6.07) is 10.5. The van der Waals surface area contributed by atoms with Crippen LogP contribution >= 0.6 is 0 Å². The molecule has 2 fully saturated rings. The number of carbonyl (C=O) groups is 1. The van der Waals surface area contributed by atoms with Crippen LogP contribution in [0, 0.1) is 0 Å². The zero-order valence-corrected chi connectivity index (χ0v) is 15.0. The highest BCUT2D eigenvalue weighted by atomic mass is 16.5. The van der Waals surface area contributed by atoms with Crippen LogP contribution in [0.5, 0.6) is 5.88 Å². The van der Waals surface area contributed by atoms with Crippen LogP contribution in [-0.4, -0.2) is 47.0 Å². The normalized spacial score (nSPS) is 19.0. The molecule has 1 N–H and O–H groups in total. The van der Waals surface area contributed by atoms with Crippen LogP contribution < -0.4 is 10.1 Å². The first-order valence-corrected chi connectivity index (χ1v) is 9.19. The van der Waals surface area contributed by atoms with Crippen molar-refractivity contribution < 1.29 is 9.53 Å². The van der Waals surface area contributed by atoms with Gasteiger partial charge < -0.3 is 15.0 Å². The van der Waals surface area contributed by atoms with E-state index in [2.05, 4.69) is 27.4 Å². The van der Waals surface area contributed by atoms with Crippen LogP contribution in [0.2, 0.25) is 0 Å². The predicted octanol–water partition coefficient (Wildman–Crippen LogP) is 2.62. The Bertz CT molecular complexity index is 768. The molecule has 1 aliphatic heterocycles. The van der Waals surface area contributed by atoms with Gasteiger partial charge in [-0.05, 0) is 31.2 Å². The molecule has 136 valence electrons. The maximum Gasteiger partial charge on any atom is 0.257 e. The van der Waals surface area contributed by atoms with Gasteiger partial charge in [-0.1, -0.05) is 30.3 Å². The first-order valence-electron chi connectivity index (χ1n) is 9.19. The molecule has 2 heterocycles. The lowest BCUT2D eigenvalue weighted by molar-refractivity contribution is -0.134. The molecule has 26 heavy (non-hydrogen) atoms. The number of benzene rings is 1. The topological polar surface area (TPSA) is 67.4 Å². The second kappa shape index (κ2) is 6.94. The van der Waals surface area contributed by atoms with Crippen molar-refractivity contribution in [2.75, 3.05) is 25.5 Å². The third-order valence-corrected chi connectivity index (χ3v) is 5.47. The highest BCUT2D eigenvalue weighted by molar-refractivity contribution is 5.91. The van der Waals surface area contributed by atoms with Gasteiger partial charge in [0, 0.05) is 31.5 Å². The molecule has 1 aromatic heterocycles. The zero-order chi connectivity index (χ0) is 18.0. The number of likely N-dealkylation sites (tertiary alicyclic amines) is 1. The zero-order valence-electron chi connectivity index (χ0n) is 15.0. The third kappa shape index (κ3) is 3.11. The van der Waals surface area contributed by atoms with Gasteiger partial charge in [0.1, 0.15) is 0 Å². The summed E-state index contributed by atoms with van der Waals surface area (Å²) in [5.41, 5.74) is 0.893. The molecule has 1 amide bonds. The summed E-state index contributed by atoms with van der Waals surface area (Å²) in [7, 11) is 1.59. The van der Waals surface area contributed by atoms with Crippen LogP contribution in [0.15, 0.2) is 42.7 Å². The number of nitrogens with zero attached hydrogens (tertiary/aromatic N) is 3. The van der Waals surface area contributed by atoms with Gasteiger partial charge in [0.2, 0.25) is 5.91 Å². The van der Waals surface area contributed by atoms with E-state index >= 15 is 0 Å². The van der Waals surface area contributed by atoms with Crippen LogP contribution in [0.4, 0.5) is 5.82 Å². The molecule has 0 radical (unpaired) electrons. The lowest BCUT2D eigenvalue weighted by Crippen LogP contribution is -2.46. The second-order valence-electron chi connectivity index (χ2n) is 7.07. The molecule has 1 aliphatic carbocycles. The predicted molar refractivity (Wildman–Crippen MR) is 99.2 cm³/mol. The molecule has 6 nitrogen and oxygen atoms in total. The number of hydrogen-bond acceptors (Lipinski definition) is 5. The van der Waals surface area contributed by atoms with Crippen molar-refractivity contribution in [3.8, 4) is 5.88 Å². The van der Waals surface area contributed by atoms with Crippen molar-refractivity contribution in [2.45, 2.75) is 37.1 Å². The van der Waals surface area contributed by atoms with Gasteiger partial charge in [-0.25, -0.2) is 9.97 Å². The molecule has 1 saturated carbocycles. The molecule has 2 aromatic rings. The van der Waals surface area contributed by atoms with Crippen molar-refractivity contribution in [2.24, 2.45) is 0 Å².